The van der Waals surface area contributed by atoms with Gasteiger partial charge in [-0.2, -0.15) is 0 Å². The average Bonchev–Trinajstić information content (AvgIpc) is 3.58. The van der Waals surface area contributed by atoms with Crippen LogP contribution in [0.3, 0.4) is 0 Å². The maximum absolute atomic E-state index is 14.0. The molecule has 12 nitrogen and oxygen atoms in total. The third-order valence-corrected chi connectivity index (χ3v) is 13.5. The van der Waals surface area contributed by atoms with E-state index in [2.05, 4.69) is 20.6 Å². The van der Waals surface area contributed by atoms with Crippen LogP contribution in [-0.4, -0.2) is 76.3 Å². The number of ether oxygens (including phenoxy) is 2. The number of likely N-dealkylation sites (N-methyl/N-ethyl adjacent to an activating group) is 1. The monoisotopic (exact) mass is 677 g/mol. The fourth-order valence-corrected chi connectivity index (χ4v) is 11.3. The second-order valence-corrected chi connectivity index (χ2v) is 15.6. The van der Waals surface area contributed by atoms with Crippen molar-refractivity contribution in [3.63, 3.8) is 0 Å². The Morgan fingerprint density at radius 2 is 1.67 bits per heavy atom. The van der Waals surface area contributed by atoms with E-state index in [-0.39, 0.29) is 64.4 Å². The Kier molecular flexibility index (Phi) is 7.72. The zero-order chi connectivity index (χ0) is 34.4. The highest BCUT2D eigenvalue weighted by Gasteiger charge is 3.12. The molecule has 0 spiro atoms. The van der Waals surface area contributed by atoms with Gasteiger partial charge < -0.3 is 25.0 Å². The molecule has 6 aliphatic rings. The Labute approximate surface area is 283 Å². The average molecular weight is 678 g/mol. The van der Waals surface area contributed by atoms with Gasteiger partial charge in [0.25, 0.3) is 11.8 Å². The minimum atomic E-state index is -0.791. The standard InChI is InChI=1S/C35H43N5O7S/c1-8-16(4)28(38-29(42)18-11-9-10-12-36-18)32(44)40(6)20(15(2)3)13-21(47-17(5)41)31-37-19(14-48-31)30(43)39-35-25-22-26(35)24-27(35)23(25)34(22,24)33(45)46-7/h9-12,14-16,20-28H,8,13H2,1-7H3,(H,38,42)(H,39,43)/t16-,20+,21+,22?,23?,24?,25?,26?,27?,28-,34?,35?/m0/s1. The molecule has 48 heavy (non-hydrogen) atoms. The molecule has 0 radical (unpaired) electrons. The van der Waals surface area contributed by atoms with Crippen LogP contribution in [0.5, 0.6) is 0 Å². The maximum atomic E-state index is 14.0. The van der Waals surface area contributed by atoms with Crippen LogP contribution in [0.2, 0.25) is 0 Å². The van der Waals surface area contributed by atoms with E-state index >= 15 is 0 Å². The fourth-order valence-electron chi connectivity index (χ4n) is 10.4. The van der Waals surface area contributed by atoms with Crippen LogP contribution in [0, 0.1) is 52.8 Å². The second-order valence-electron chi connectivity index (χ2n) is 14.7. The first-order valence-electron chi connectivity index (χ1n) is 16.9. The van der Waals surface area contributed by atoms with E-state index in [1.165, 1.54) is 31.6 Å². The molecule has 256 valence electrons. The number of amides is 3. The van der Waals surface area contributed by atoms with Crippen molar-refractivity contribution in [2.45, 2.75) is 71.2 Å². The Morgan fingerprint density at radius 1 is 1.00 bits per heavy atom. The lowest BCUT2D eigenvalue weighted by Crippen LogP contribution is -3.16. The van der Waals surface area contributed by atoms with Gasteiger partial charge in [-0.15, -0.1) is 11.3 Å². The summed E-state index contributed by atoms with van der Waals surface area (Å²) in [7, 11) is 3.16. The number of pyridine rings is 1. The van der Waals surface area contributed by atoms with Crippen LogP contribution in [0.1, 0.15) is 79.5 Å². The van der Waals surface area contributed by atoms with Crippen molar-refractivity contribution in [3.8, 4) is 0 Å². The number of nitrogens with zero attached hydrogens (tertiary/aromatic N) is 3. The van der Waals surface area contributed by atoms with Crippen LogP contribution in [0.15, 0.2) is 29.8 Å². The summed E-state index contributed by atoms with van der Waals surface area (Å²) in [6, 6.07) is 3.87. The van der Waals surface area contributed by atoms with E-state index in [0.717, 1.165) is 0 Å². The van der Waals surface area contributed by atoms with Gasteiger partial charge in [-0.3, -0.25) is 29.0 Å². The van der Waals surface area contributed by atoms with Gasteiger partial charge in [0.1, 0.15) is 22.4 Å². The third-order valence-electron chi connectivity index (χ3n) is 12.6. The normalized spacial score (nSPS) is 33.1. The maximum Gasteiger partial charge on any atom is 0.312 e. The van der Waals surface area contributed by atoms with Crippen LogP contribution in [0.4, 0.5) is 0 Å². The molecule has 6 aliphatic carbocycles. The summed E-state index contributed by atoms with van der Waals surface area (Å²) in [4.78, 5) is 75.6. The van der Waals surface area contributed by atoms with Crippen molar-refractivity contribution in [2.75, 3.05) is 14.2 Å². The number of carbonyl (C=O) groups is 5. The van der Waals surface area contributed by atoms with Gasteiger partial charge in [-0.25, -0.2) is 4.98 Å². The van der Waals surface area contributed by atoms with E-state index in [1.54, 1.807) is 35.5 Å². The number of hydrogen-bond donors (Lipinski definition) is 2. The Bertz CT molecular complexity index is 1620. The van der Waals surface area contributed by atoms with Gasteiger partial charge in [-0.05, 0) is 59.5 Å². The second kappa shape index (κ2) is 11.3. The van der Waals surface area contributed by atoms with Crippen LogP contribution in [-0.2, 0) is 23.9 Å². The summed E-state index contributed by atoms with van der Waals surface area (Å²) >= 11 is 1.25. The molecule has 2 aromatic rings. The molecular formula is C35H43N5O7S. The fraction of sp³-hybridized carbons (Fsp3) is 0.629. The number of carbonyl (C=O) groups excluding carboxylic acids is 5. The smallest absolute Gasteiger partial charge is 0.312 e. The summed E-state index contributed by atoms with van der Waals surface area (Å²) in [6.07, 6.45) is 1.66. The summed E-state index contributed by atoms with van der Waals surface area (Å²) in [6.45, 7) is 9.18. The van der Waals surface area contributed by atoms with E-state index < -0.39 is 24.0 Å². The highest BCUT2D eigenvalue weighted by Crippen LogP contribution is 3.07. The van der Waals surface area contributed by atoms with Crippen LogP contribution in [0.25, 0.3) is 0 Å². The summed E-state index contributed by atoms with van der Waals surface area (Å²) in [5, 5.41) is 8.35. The van der Waals surface area contributed by atoms with Gasteiger partial charge >= 0.3 is 11.9 Å². The summed E-state index contributed by atoms with van der Waals surface area (Å²) in [5.74, 6) is 0.342. The minimum Gasteiger partial charge on any atom is -0.469 e. The topological polar surface area (TPSA) is 157 Å². The van der Waals surface area contributed by atoms with E-state index in [4.69, 9.17) is 9.47 Å². The molecule has 2 N–H and O–H groups in total. The largest absolute Gasteiger partial charge is 0.469 e. The molecule has 6 fully saturated rings. The Balaban J connectivity index is 1.03. The number of nitrogens with one attached hydrogen (secondary N) is 2. The van der Waals surface area contributed by atoms with Crippen molar-refractivity contribution in [1.82, 2.24) is 25.5 Å². The lowest BCUT2D eigenvalue weighted by atomic mass is 8.94. The van der Waals surface area contributed by atoms with Gasteiger partial charge in [0, 0.05) is 38.0 Å². The highest BCUT2D eigenvalue weighted by molar-refractivity contribution is 7.09. The van der Waals surface area contributed by atoms with Crippen LogP contribution < -0.4 is 10.6 Å². The van der Waals surface area contributed by atoms with Crippen molar-refractivity contribution in [2.24, 2.45) is 52.8 Å². The third kappa shape index (κ3) is 4.08. The van der Waals surface area contributed by atoms with Crippen LogP contribution >= 0.6 is 11.3 Å². The molecular weight excluding hydrogens is 634 g/mol. The zero-order valence-corrected chi connectivity index (χ0v) is 29.1. The lowest BCUT2D eigenvalue weighted by molar-refractivity contribution is -0.609. The predicted molar refractivity (Wildman–Crippen MR) is 173 cm³/mol. The molecule has 13 heteroatoms. The Hall–Kier alpha value is -3.87. The van der Waals surface area contributed by atoms with Gasteiger partial charge in [0.2, 0.25) is 5.91 Å². The Morgan fingerprint density at radius 3 is 2.21 bits per heavy atom. The quantitative estimate of drug-likeness (QED) is 0.287. The SMILES string of the molecule is CC[C@H](C)[C@H](NC(=O)c1ccccn1)C(=O)N(C)[C@H](C[C@@H](OC(C)=O)c1nc(C(=O)NC23C4C5C2C2C3C4C52C(=O)OC)cs1)C(C)C. The minimum absolute atomic E-state index is 0.0363. The van der Waals surface area contributed by atoms with Crippen molar-refractivity contribution in [3.05, 3.63) is 46.2 Å². The van der Waals surface area contributed by atoms with Gasteiger partial charge in [0.15, 0.2) is 6.10 Å². The molecule has 2 heterocycles. The molecule has 0 unspecified atom stereocenters. The molecule has 0 saturated heterocycles. The first-order chi connectivity index (χ1) is 22.9. The number of rotatable bonds is 14. The number of aromatic nitrogens is 2. The summed E-state index contributed by atoms with van der Waals surface area (Å²) in [5.41, 5.74) is 0.0105. The molecule has 0 bridgehead atoms. The van der Waals surface area contributed by atoms with E-state index in [9.17, 15) is 24.0 Å². The van der Waals surface area contributed by atoms with Gasteiger partial charge in [0.05, 0.1) is 18.1 Å². The predicted octanol–water partition coefficient (Wildman–Crippen LogP) is 3.25. The molecule has 4 atom stereocenters. The van der Waals surface area contributed by atoms with Gasteiger partial charge in [-0.1, -0.05) is 40.2 Å². The highest BCUT2D eigenvalue weighted by atomic mass is 32.1. The molecule has 0 aromatic carbocycles. The lowest BCUT2D eigenvalue weighted by Gasteiger charge is -3.09. The zero-order valence-electron chi connectivity index (χ0n) is 28.3. The van der Waals surface area contributed by atoms with Crippen molar-refractivity contribution < 1.29 is 33.4 Å². The number of hydrogen-bond acceptors (Lipinski definition) is 10. The molecule has 6 saturated carbocycles. The molecule has 8 rings (SSSR count). The van der Waals surface area contributed by atoms with E-state index in [0.29, 0.717) is 46.9 Å². The van der Waals surface area contributed by atoms with Crippen molar-refractivity contribution in [1.29, 1.82) is 0 Å². The summed E-state index contributed by atoms with van der Waals surface area (Å²) < 4.78 is 10.9. The molecule has 2 aromatic heterocycles. The molecule has 0 aliphatic heterocycles. The van der Waals surface area contributed by atoms with Crippen molar-refractivity contribution >= 4 is 41.0 Å². The number of esters is 2. The molecule has 3 amide bonds. The first-order valence-corrected chi connectivity index (χ1v) is 17.8. The van der Waals surface area contributed by atoms with E-state index in [1.807, 2.05) is 27.7 Å². The number of methoxy groups -OCH3 is 1. The first kappa shape index (κ1) is 32.7. The number of thiazole rings is 1.